The molecule has 3 aromatic rings. The van der Waals surface area contributed by atoms with Gasteiger partial charge in [-0.1, -0.05) is 60.7 Å². The molecule has 0 bridgehead atoms. The predicted molar refractivity (Wildman–Crippen MR) is 109 cm³/mol. The highest BCUT2D eigenvalue weighted by Crippen LogP contribution is 2.27. The first-order valence-corrected chi connectivity index (χ1v) is 10.0. The number of rotatable bonds is 6. The van der Waals surface area contributed by atoms with Crippen molar-refractivity contribution >= 4 is 21.7 Å². The van der Waals surface area contributed by atoms with Crippen LogP contribution in [0.4, 0.5) is 10.5 Å². The minimum Gasteiger partial charge on any atom is -0.307 e. The summed E-state index contributed by atoms with van der Waals surface area (Å²) >= 11 is 0. The summed E-state index contributed by atoms with van der Waals surface area (Å²) in [6.07, 6.45) is 0. The van der Waals surface area contributed by atoms with E-state index in [-0.39, 0.29) is 4.90 Å². The fourth-order valence-corrected chi connectivity index (χ4v) is 3.43. The molecule has 3 rings (SSSR count). The molecule has 2 amide bonds. The number of sulfonamides is 1. The molecule has 144 valence electrons. The molecule has 0 heterocycles. The van der Waals surface area contributed by atoms with Gasteiger partial charge in [0.05, 0.1) is 4.90 Å². The average Bonchev–Trinajstić information content (AvgIpc) is 2.69. The Labute approximate surface area is 163 Å². The van der Waals surface area contributed by atoms with Crippen LogP contribution in [0.5, 0.6) is 0 Å². The van der Waals surface area contributed by atoms with Crippen molar-refractivity contribution in [2.45, 2.75) is 11.4 Å². The Bertz CT molecular complexity index is 1050. The lowest BCUT2D eigenvalue weighted by Crippen LogP contribution is -2.39. The number of hydrogen-bond acceptors (Lipinski definition) is 4. The van der Waals surface area contributed by atoms with Crippen molar-refractivity contribution in [3.8, 4) is 11.1 Å². The first-order chi connectivity index (χ1) is 13.4. The fourth-order valence-electron chi connectivity index (χ4n) is 2.67. The number of hydrazine groups is 1. The summed E-state index contributed by atoms with van der Waals surface area (Å²) in [6.45, 7) is 0.498. The third kappa shape index (κ3) is 5.17. The van der Waals surface area contributed by atoms with Gasteiger partial charge in [0, 0.05) is 17.8 Å². The number of urea groups is 1. The maximum absolute atomic E-state index is 12.0. The largest absolute Gasteiger partial charge is 0.333 e. The fraction of sp³-hybridized carbons (Fsp3) is 0.0500. The van der Waals surface area contributed by atoms with Crippen molar-refractivity contribution in [1.82, 2.24) is 10.9 Å². The minimum absolute atomic E-state index is 0.0542. The van der Waals surface area contributed by atoms with Gasteiger partial charge >= 0.3 is 6.03 Å². The van der Waals surface area contributed by atoms with E-state index in [2.05, 4.69) is 16.2 Å². The van der Waals surface area contributed by atoms with Gasteiger partial charge in [-0.25, -0.2) is 23.8 Å². The average molecular weight is 396 g/mol. The van der Waals surface area contributed by atoms with Gasteiger partial charge in [-0.2, -0.15) is 0 Å². The number of hydrogen-bond donors (Lipinski definition) is 4. The Morgan fingerprint density at radius 3 is 2.18 bits per heavy atom. The molecule has 7 nitrogen and oxygen atoms in total. The first-order valence-electron chi connectivity index (χ1n) is 8.49. The SMILES string of the molecule is NS(=O)(=O)c1ccccc1-c1ccc(NC(=O)NNCc2ccccc2)cc1. The van der Waals surface area contributed by atoms with Gasteiger partial charge in [0.15, 0.2) is 0 Å². The molecule has 0 aliphatic rings. The van der Waals surface area contributed by atoms with E-state index < -0.39 is 16.1 Å². The molecule has 0 aliphatic carbocycles. The van der Waals surface area contributed by atoms with Crippen LogP contribution in [0, 0.1) is 0 Å². The Morgan fingerprint density at radius 2 is 1.50 bits per heavy atom. The van der Waals surface area contributed by atoms with Crippen LogP contribution < -0.4 is 21.3 Å². The molecule has 0 aromatic heterocycles. The molecule has 0 unspecified atom stereocenters. The molecule has 5 N–H and O–H groups in total. The van der Waals surface area contributed by atoms with Crippen molar-refractivity contribution in [2.24, 2.45) is 5.14 Å². The Kier molecular flexibility index (Phi) is 6.05. The van der Waals surface area contributed by atoms with E-state index in [0.717, 1.165) is 5.56 Å². The Morgan fingerprint density at radius 1 is 0.857 bits per heavy atom. The van der Waals surface area contributed by atoms with Crippen LogP contribution in [0.15, 0.2) is 83.8 Å². The molecule has 3 aromatic carbocycles. The van der Waals surface area contributed by atoms with Crippen LogP contribution in [0.2, 0.25) is 0 Å². The molecule has 0 aliphatic heterocycles. The zero-order valence-electron chi connectivity index (χ0n) is 14.9. The Balaban J connectivity index is 1.61. The lowest BCUT2D eigenvalue weighted by atomic mass is 10.1. The van der Waals surface area contributed by atoms with Crippen LogP contribution >= 0.6 is 0 Å². The summed E-state index contributed by atoms with van der Waals surface area (Å²) in [5.74, 6) is 0. The lowest BCUT2D eigenvalue weighted by molar-refractivity contribution is 0.248. The third-order valence-electron chi connectivity index (χ3n) is 3.98. The second-order valence-electron chi connectivity index (χ2n) is 6.04. The Hall–Kier alpha value is -3.20. The van der Waals surface area contributed by atoms with Crippen molar-refractivity contribution in [1.29, 1.82) is 0 Å². The number of anilines is 1. The van der Waals surface area contributed by atoms with Crippen LogP contribution in [0.1, 0.15) is 5.56 Å². The van der Waals surface area contributed by atoms with Gasteiger partial charge in [-0.15, -0.1) is 0 Å². The topological polar surface area (TPSA) is 113 Å². The molecule has 0 saturated carbocycles. The van der Waals surface area contributed by atoms with Crippen molar-refractivity contribution in [2.75, 3.05) is 5.32 Å². The lowest BCUT2D eigenvalue weighted by Gasteiger charge is -2.11. The van der Waals surface area contributed by atoms with Gasteiger partial charge in [0.2, 0.25) is 10.0 Å². The van der Waals surface area contributed by atoms with Gasteiger partial charge < -0.3 is 5.32 Å². The number of benzene rings is 3. The highest BCUT2D eigenvalue weighted by atomic mass is 32.2. The van der Waals surface area contributed by atoms with Crippen molar-refractivity contribution in [3.05, 3.63) is 84.4 Å². The summed E-state index contributed by atoms with van der Waals surface area (Å²) in [5, 5.41) is 7.98. The molecule has 0 fully saturated rings. The maximum atomic E-state index is 12.0. The van der Waals surface area contributed by atoms with Crippen molar-refractivity contribution in [3.63, 3.8) is 0 Å². The predicted octanol–water partition coefficient (Wildman–Crippen LogP) is 2.83. The molecular formula is C20H20N4O3S. The quantitative estimate of drug-likeness (QED) is 0.480. The maximum Gasteiger partial charge on any atom is 0.333 e. The van der Waals surface area contributed by atoms with Gasteiger partial charge in [0.1, 0.15) is 0 Å². The number of primary sulfonamides is 1. The number of nitrogens with two attached hydrogens (primary N) is 1. The van der Waals surface area contributed by atoms with Crippen LogP contribution in [-0.4, -0.2) is 14.4 Å². The van der Waals surface area contributed by atoms with E-state index in [0.29, 0.717) is 23.4 Å². The number of carbonyl (C=O) groups is 1. The molecule has 8 heteroatoms. The standard InChI is InChI=1S/C20H20N4O3S/c21-28(26,27)19-9-5-4-8-18(19)16-10-12-17(13-11-16)23-20(25)24-22-14-15-6-2-1-3-7-15/h1-13,22H,14H2,(H2,21,26,27)(H2,23,24,25). The van der Waals surface area contributed by atoms with E-state index >= 15 is 0 Å². The van der Waals surface area contributed by atoms with E-state index in [1.165, 1.54) is 6.07 Å². The molecule has 0 radical (unpaired) electrons. The number of nitrogens with one attached hydrogen (secondary N) is 3. The smallest absolute Gasteiger partial charge is 0.307 e. The van der Waals surface area contributed by atoms with E-state index in [4.69, 9.17) is 5.14 Å². The highest BCUT2D eigenvalue weighted by Gasteiger charge is 2.14. The van der Waals surface area contributed by atoms with Gasteiger partial charge in [-0.05, 0) is 29.3 Å². The van der Waals surface area contributed by atoms with Crippen LogP contribution in [0.25, 0.3) is 11.1 Å². The van der Waals surface area contributed by atoms with E-state index in [1.54, 1.807) is 42.5 Å². The molecular weight excluding hydrogens is 376 g/mol. The summed E-state index contributed by atoms with van der Waals surface area (Å²) in [7, 11) is -3.83. The number of amides is 2. The van der Waals surface area contributed by atoms with E-state index in [1.807, 2.05) is 30.3 Å². The monoisotopic (exact) mass is 396 g/mol. The number of carbonyl (C=O) groups excluding carboxylic acids is 1. The minimum atomic E-state index is -3.83. The molecule has 28 heavy (non-hydrogen) atoms. The first kappa shape index (κ1) is 19.6. The van der Waals surface area contributed by atoms with Crippen LogP contribution in [0.3, 0.4) is 0 Å². The molecule has 0 atom stereocenters. The summed E-state index contributed by atoms with van der Waals surface area (Å²) in [6, 6.07) is 22.6. The van der Waals surface area contributed by atoms with Gasteiger partial charge in [-0.3, -0.25) is 5.43 Å². The summed E-state index contributed by atoms with van der Waals surface area (Å²) < 4.78 is 23.5. The second-order valence-corrected chi connectivity index (χ2v) is 7.57. The normalized spacial score (nSPS) is 11.0. The second kappa shape index (κ2) is 8.66. The van der Waals surface area contributed by atoms with Gasteiger partial charge in [0.25, 0.3) is 0 Å². The summed E-state index contributed by atoms with van der Waals surface area (Å²) in [5.41, 5.74) is 8.19. The van der Waals surface area contributed by atoms with Crippen molar-refractivity contribution < 1.29 is 13.2 Å². The van der Waals surface area contributed by atoms with E-state index in [9.17, 15) is 13.2 Å². The summed E-state index contributed by atoms with van der Waals surface area (Å²) in [4.78, 5) is 12.0. The van der Waals surface area contributed by atoms with Crippen LogP contribution in [-0.2, 0) is 16.6 Å². The third-order valence-corrected chi connectivity index (χ3v) is 4.95. The molecule has 0 spiro atoms. The zero-order valence-corrected chi connectivity index (χ0v) is 15.7. The molecule has 0 saturated heterocycles. The zero-order chi connectivity index (χ0) is 20.0. The highest BCUT2D eigenvalue weighted by molar-refractivity contribution is 7.89.